The molecule has 0 radical (unpaired) electrons. The molecule has 96 valence electrons. The summed E-state index contributed by atoms with van der Waals surface area (Å²) in [5, 5.41) is 0.784. The van der Waals surface area contributed by atoms with Crippen molar-refractivity contribution in [3.8, 4) is 0 Å². The summed E-state index contributed by atoms with van der Waals surface area (Å²) < 4.78 is 0. The van der Waals surface area contributed by atoms with E-state index in [0.29, 0.717) is 11.8 Å². The van der Waals surface area contributed by atoms with Crippen molar-refractivity contribution < 1.29 is 4.79 Å². The van der Waals surface area contributed by atoms with Crippen LogP contribution in [-0.2, 0) is 0 Å². The van der Waals surface area contributed by atoms with Gasteiger partial charge in [-0.1, -0.05) is 48.0 Å². The quantitative estimate of drug-likeness (QED) is 0.731. The van der Waals surface area contributed by atoms with Crippen LogP contribution in [-0.4, -0.2) is 5.78 Å². The van der Waals surface area contributed by atoms with Gasteiger partial charge in [0.2, 0.25) is 0 Å². The number of ketones is 1. The summed E-state index contributed by atoms with van der Waals surface area (Å²) in [6.07, 6.45) is 1.18. The third-order valence-corrected chi connectivity index (χ3v) is 4.09. The average Bonchev–Trinajstić information content (AvgIpc) is 3.20. The van der Waals surface area contributed by atoms with E-state index < -0.39 is 0 Å². The Hall–Kier alpha value is -1.60. The van der Waals surface area contributed by atoms with Gasteiger partial charge in [0.1, 0.15) is 0 Å². The summed E-state index contributed by atoms with van der Waals surface area (Å²) in [7, 11) is 0. The minimum Gasteiger partial charge on any atom is -0.295 e. The lowest BCUT2D eigenvalue weighted by Gasteiger charge is -2.03. The summed E-state index contributed by atoms with van der Waals surface area (Å²) in [6.45, 7) is 1.60. The van der Waals surface area contributed by atoms with E-state index in [2.05, 4.69) is 24.3 Å². The third kappa shape index (κ3) is 2.57. The maximum atomic E-state index is 11.2. The Labute approximate surface area is 118 Å². The molecule has 0 aromatic heterocycles. The van der Waals surface area contributed by atoms with Gasteiger partial charge in [-0.25, -0.2) is 0 Å². The topological polar surface area (TPSA) is 17.1 Å². The molecule has 3 rings (SSSR count). The van der Waals surface area contributed by atoms with Crippen molar-refractivity contribution in [2.45, 2.75) is 25.2 Å². The molecule has 0 saturated heterocycles. The molecule has 1 saturated carbocycles. The molecular formula is C17H15ClO. The highest BCUT2D eigenvalue weighted by Gasteiger charge is 2.39. The van der Waals surface area contributed by atoms with Crippen LogP contribution in [0.4, 0.5) is 0 Å². The third-order valence-electron chi connectivity index (χ3n) is 3.83. The maximum absolute atomic E-state index is 11.2. The molecule has 0 aliphatic heterocycles. The highest BCUT2D eigenvalue weighted by Crippen LogP contribution is 2.54. The highest BCUT2D eigenvalue weighted by molar-refractivity contribution is 6.30. The number of halogens is 1. The minimum atomic E-state index is 0.122. The Balaban J connectivity index is 1.75. The molecule has 2 aromatic rings. The number of carbonyl (C=O) groups is 1. The Morgan fingerprint density at radius 2 is 1.42 bits per heavy atom. The van der Waals surface area contributed by atoms with Gasteiger partial charge in [0, 0.05) is 10.6 Å². The SMILES string of the molecule is CC(=O)c1ccc([C@@H]2C[C@H]2c2ccc(Cl)cc2)cc1. The lowest BCUT2D eigenvalue weighted by atomic mass is 10.0. The van der Waals surface area contributed by atoms with Crippen LogP contribution in [0.1, 0.15) is 46.7 Å². The molecule has 0 N–H and O–H groups in total. The molecule has 1 aliphatic rings. The van der Waals surface area contributed by atoms with E-state index in [-0.39, 0.29) is 5.78 Å². The molecule has 1 nitrogen and oxygen atoms in total. The van der Waals surface area contributed by atoms with Crippen molar-refractivity contribution in [1.82, 2.24) is 0 Å². The van der Waals surface area contributed by atoms with Crippen molar-refractivity contribution in [3.05, 3.63) is 70.2 Å². The van der Waals surface area contributed by atoms with Crippen LogP contribution in [0.5, 0.6) is 0 Å². The van der Waals surface area contributed by atoms with Gasteiger partial charge < -0.3 is 0 Å². The van der Waals surface area contributed by atoms with Crippen LogP contribution in [0.2, 0.25) is 5.02 Å². The molecule has 2 atom stereocenters. The first-order valence-corrected chi connectivity index (χ1v) is 6.89. The molecule has 2 heteroatoms. The lowest BCUT2D eigenvalue weighted by molar-refractivity contribution is 0.101. The zero-order valence-corrected chi connectivity index (χ0v) is 11.5. The van der Waals surface area contributed by atoms with Crippen LogP contribution in [0.15, 0.2) is 48.5 Å². The summed E-state index contributed by atoms with van der Waals surface area (Å²) in [6, 6.07) is 16.1. The van der Waals surface area contributed by atoms with E-state index in [1.165, 1.54) is 17.5 Å². The maximum Gasteiger partial charge on any atom is 0.159 e. The largest absolute Gasteiger partial charge is 0.295 e. The predicted molar refractivity (Wildman–Crippen MR) is 78.0 cm³/mol. The second-order valence-corrected chi connectivity index (χ2v) is 5.61. The van der Waals surface area contributed by atoms with Gasteiger partial charge in [0.15, 0.2) is 5.78 Å². The number of hydrogen-bond donors (Lipinski definition) is 0. The standard InChI is InChI=1S/C17H15ClO/c1-11(19)12-2-4-13(5-3-12)16-10-17(16)14-6-8-15(18)9-7-14/h2-9,16-17H,10H2,1H3/t16-,17-/m0/s1. The average molecular weight is 271 g/mol. The fourth-order valence-electron chi connectivity index (χ4n) is 2.61. The van der Waals surface area contributed by atoms with E-state index in [9.17, 15) is 4.79 Å². The summed E-state index contributed by atoms with van der Waals surface area (Å²) in [5.41, 5.74) is 3.46. The van der Waals surface area contributed by atoms with Crippen molar-refractivity contribution in [1.29, 1.82) is 0 Å². The molecule has 1 aliphatic carbocycles. The molecule has 0 heterocycles. The summed E-state index contributed by atoms with van der Waals surface area (Å²) in [5.74, 6) is 1.30. The highest BCUT2D eigenvalue weighted by atomic mass is 35.5. The number of hydrogen-bond acceptors (Lipinski definition) is 1. The summed E-state index contributed by atoms with van der Waals surface area (Å²) >= 11 is 5.91. The molecule has 0 amide bonds. The Kier molecular flexibility index (Phi) is 3.16. The van der Waals surface area contributed by atoms with Gasteiger partial charge >= 0.3 is 0 Å². The van der Waals surface area contributed by atoms with Gasteiger partial charge in [0.05, 0.1) is 0 Å². The fourth-order valence-corrected chi connectivity index (χ4v) is 2.73. The van der Waals surface area contributed by atoms with Gasteiger partial charge in [-0.15, -0.1) is 0 Å². The normalized spacial score (nSPS) is 21.2. The van der Waals surface area contributed by atoms with Crippen LogP contribution in [0.3, 0.4) is 0 Å². The predicted octanol–water partition coefficient (Wildman–Crippen LogP) is 4.81. The second-order valence-electron chi connectivity index (χ2n) is 5.18. The van der Waals surface area contributed by atoms with E-state index in [0.717, 1.165) is 10.6 Å². The van der Waals surface area contributed by atoms with Crippen LogP contribution in [0, 0.1) is 0 Å². The first-order chi connectivity index (χ1) is 9.15. The fraction of sp³-hybridized carbons (Fsp3) is 0.235. The van der Waals surface area contributed by atoms with Crippen molar-refractivity contribution in [2.75, 3.05) is 0 Å². The monoisotopic (exact) mass is 270 g/mol. The van der Waals surface area contributed by atoms with E-state index in [1.54, 1.807) is 6.92 Å². The first-order valence-electron chi connectivity index (χ1n) is 6.51. The van der Waals surface area contributed by atoms with Crippen LogP contribution >= 0.6 is 11.6 Å². The second kappa shape index (κ2) is 4.82. The van der Waals surface area contributed by atoms with E-state index in [1.807, 2.05) is 24.3 Å². The zero-order chi connectivity index (χ0) is 13.4. The smallest absolute Gasteiger partial charge is 0.159 e. The van der Waals surface area contributed by atoms with E-state index >= 15 is 0 Å². The molecular weight excluding hydrogens is 256 g/mol. The molecule has 2 aromatic carbocycles. The van der Waals surface area contributed by atoms with Crippen molar-refractivity contribution in [2.24, 2.45) is 0 Å². The van der Waals surface area contributed by atoms with Crippen molar-refractivity contribution >= 4 is 17.4 Å². The number of rotatable bonds is 3. The number of benzene rings is 2. The van der Waals surface area contributed by atoms with Gasteiger partial charge in [-0.05, 0) is 48.4 Å². The van der Waals surface area contributed by atoms with Gasteiger partial charge in [-0.3, -0.25) is 4.79 Å². The number of carbonyl (C=O) groups excluding carboxylic acids is 1. The number of Topliss-reactive ketones (excluding diaryl/α,β-unsaturated/α-hetero) is 1. The minimum absolute atomic E-state index is 0.122. The van der Waals surface area contributed by atoms with Crippen LogP contribution < -0.4 is 0 Å². The molecule has 19 heavy (non-hydrogen) atoms. The van der Waals surface area contributed by atoms with Gasteiger partial charge in [0.25, 0.3) is 0 Å². The zero-order valence-electron chi connectivity index (χ0n) is 10.8. The molecule has 0 spiro atoms. The lowest BCUT2D eigenvalue weighted by Crippen LogP contribution is -1.92. The summed E-state index contributed by atoms with van der Waals surface area (Å²) in [4.78, 5) is 11.2. The van der Waals surface area contributed by atoms with E-state index in [4.69, 9.17) is 11.6 Å². The molecule has 0 bridgehead atoms. The Morgan fingerprint density at radius 1 is 0.947 bits per heavy atom. The first kappa shape index (κ1) is 12.4. The molecule has 0 unspecified atom stereocenters. The van der Waals surface area contributed by atoms with Crippen LogP contribution in [0.25, 0.3) is 0 Å². The molecule has 1 fully saturated rings. The van der Waals surface area contributed by atoms with Gasteiger partial charge in [-0.2, -0.15) is 0 Å². The Morgan fingerprint density at radius 3 is 1.89 bits per heavy atom. The Bertz CT molecular complexity index is 598. The van der Waals surface area contributed by atoms with Crippen molar-refractivity contribution in [3.63, 3.8) is 0 Å².